The van der Waals surface area contributed by atoms with Gasteiger partial charge in [-0.05, 0) is 13.0 Å². The standard InChI is InChI=1S/C8H6BrClF3N/c1-4(9)7-6(10)2-5(3-14-7)8(11,12)13/h2-4H,1H3. The van der Waals surface area contributed by atoms with Gasteiger partial charge in [0.1, 0.15) is 0 Å². The maximum absolute atomic E-state index is 12.2. The summed E-state index contributed by atoms with van der Waals surface area (Å²) in [5.74, 6) is 0. The van der Waals surface area contributed by atoms with Gasteiger partial charge in [-0.1, -0.05) is 27.5 Å². The molecule has 1 unspecified atom stereocenters. The molecule has 0 fully saturated rings. The minimum absolute atomic E-state index is 0.0178. The average molecular weight is 288 g/mol. The van der Waals surface area contributed by atoms with E-state index in [1.807, 2.05) is 0 Å². The Hall–Kier alpha value is -0.290. The van der Waals surface area contributed by atoms with Gasteiger partial charge in [-0.25, -0.2) is 0 Å². The highest BCUT2D eigenvalue weighted by Gasteiger charge is 2.31. The first-order valence-corrected chi connectivity index (χ1v) is 4.98. The first kappa shape index (κ1) is 11.8. The van der Waals surface area contributed by atoms with Gasteiger partial charge in [-0.3, -0.25) is 4.98 Å². The molecule has 0 aromatic carbocycles. The second-order valence-electron chi connectivity index (χ2n) is 2.70. The first-order chi connectivity index (χ1) is 6.32. The number of hydrogen-bond acceptors (Lipinski definition) is 1. The normalized spacial score (nSPS) is 14.1. The predicted octanol–water partition coefficient (Wildman–Crippen LogP) is 4.21. The quantitative estimate of drug-likeness (QED) is 0.705. The van der Waals surface area contributed by atoms with Crippen LogP contribution in [-0.4, -0.2) is 4.98 Å². The molecule has 0 bridgehead atoms. The Bertz CT molecular complexity index is 338. The molecule has 0 N–H and O–H groups in total. The highest BCUT2D eigenvalue weighted by atomic mass is 79.9. The number of pyridine rings is 1. The molecule has 1 nitrogen and oxygen atoms in total. The van der Waals surface area contributed by atoms with E-state index < -0.39 is 11.7 Å². The molecular weight excluding hydrogens is 282 g/mol. The lowest BCUT2D eigenvalue weighted by molar-refractivity contribution is -0.137. The van der Waals surface area contributed by atoms with Gasteiger partial charge >= 0.3 is 6.18 Å². The summed E-state index contributed by atoms with van der Waals surface area (Å²) in [4.78, 5) is 3.48. The van der Waals surface area contributed by atoms with Crippen LogP contribution in [0.15, 0.2) is 12.3 Å². The van der Waals surface area contributed by atoms with Gasteiger partial charge in [0, 0.05) is 6.20 Å². The Morgan fingerprint density at radius 2 is 2.07 bits per heavy atom. The number of alkyl halides is 4. The zero-order valence-electron chi connectivity index (χ0n) is 7.07. The maximum Gasteiger partial charge on any atom is 0.417 e. The Kier molecular flexibility index (Phi) is 3.42. The van der Waals surface area contributed by atoms with Crippen molar-refractivity contribution in [3.8, 4) is 0 Å². The van der Waals surface area contributed by atoms with Crippen molar-refractivity contribution in [3.05, 3.63) is 28.5 Å². The van der Waals surface area contributed by atoms with Crippen LogP contribution in [0.5, 0.6) is 0 Å². The van der Waals surface area contributed by atoms with Crippen LogP contribution in [-0.2, 0) is 6.18 Å². The van der Waals surface area contributed by atoms with Crippen LogP contribution in [0, 0.1) is 0 Å². The number of rotatable bonds is 1. The van der Waals surface area contributed by atoms with E-state index in [9.17, 15) is 13.2 Å². The maximum atomic E-state index is 12.2. The molecule has 78 valence electrons. The summed E-state index contributed by atoms with van der Waals surface area (Å²) < 4.78 is 36.6. The van der Waals surface area contributed by atoms with E-state index >= 15 is 0 Å². The number of aromatic nitrogens is 1. The Balaban J connectivity index is 3.13. The van der Waals surface area contributed by atoms with Crippen molar-refractivity contribution in [1.82, 2.24) is 4.98 Å². The average Bonchev–Trinajstić information content (AvgIpc) is 2.01. The van der Waals surface area contributed by atoms with Crippen LogP contribution < -0.4 is 0 Å². The van der Waals surface area contributed by atoms with Crippen molar-refractivity contribution in [2.24, 2.45) is 0 Å². The van der Waals surface area contributed by atoms with Gasteiger partial charge in [0.25, 0.3) is 0 Å². The van der Waals surface area contributed by atoms with Gasteiger partial charge in [0.15, 0.2) is 0 Å². The zero-order valence-corrected chi connectivity index (χ0v) is 9.41. The minimum atomic E-state index is -4.40. The molecule has 0 radical (unpaired) electrons. The lowest BCUT2D eigenvalue weighted by Crippen LogP contribution is -2.06. The molecule has 1 heterocycles. The van der Waals surface area contributed by atoms with Crippen molar-refractivity contribution < 1.29 is 13.2 Å². The molecule has 1 rings (SSSR count). The summed E-state index contributed by atoms with van der Waals surface area (Å²) in [6.07, 6.45) is -3.62. The molecule has 1 aromatic heterocycles. The molecule has 1 atom stereocenters. The van der Waals surface area contributed by atoms with Crippen LogP contribution in [0.3, 0.4) is 0 Å². The van der Waals surface area contributed by atoms with E-state index in [0.717, 1.165) is 12.3 Å². The van der Waals surface area contributed by atoms with E-state index in [-0.39, 0.29) is 9.85 Å². The molecule has 0 saturated heterocycles. The fourth-order valence-corrected chi connectivity index (χ4v) is 1.72. The SMILES string of the molecule is CC(Br)c1ncc(C(F)(F)F)cc1Cl. The molecule has 1 aromatic rings. The third-order valence-electron chi connectivity index (χ3n) is 1.57. The number of hydrogen-bond donors (Lipinski definition) is 0. The van der Waals surface area contributed by atoms with E-state index in [0.29, 0.717) is 5.69 Å². The minimum Gasteiger partial charge on any atom is -0.258 e. The highest BCUT2D eigenvalue weighted by Crippen LogP contribution is 2.33. The molecule has 6 heteroatoms. The van der Waals surface area contributed by atoms with Crippen molar-refractivity contribution in [3.63, 3.8) is 0 Å². The molecule has 0 aliphatic carbocycles. The van der Waals surface area contributed by atoms with Crippen molar-refractivity contribution in [2.45, 2.75) is 17.9 Å². The molecule has 14 heavy (non-hydrogen) atoms. The number of halogens is 5. The Labute approximate surface area is 92.4 Å². The molecular formula is C8H6BrClF3N. The first-order valence-electron chi connectivity index (χ1n) is 3.69. The third-order valence-corrected chi connectivity index (χ3v) is 2.31. The van der Waals surface area contributed by atoms with Crippen molar-refractivity contribution in [2.75, 3.05) is 0 Å². The lowest BCUT2D eigenvalue weighted by atomic mass is 10.2. The zero-order chi connectivity index (χ0) is 10.9. The van der Waals surface area contributed by atoms with Crippen LogP contribution in [0.2, 0.25) is 5.02 Å². The Morgan fingerprint density at radius 1 is 1.50 bits per heavy atom. The van der Waals surface area contributed by atoms with Gasteiger partial charge in [-0.2, -0.15) is 13.2 Å². The fraction of sp³-hybridized carbons (Fsp3) is 0.375. The van der Waals surface area contributed by atoms with Crippen LogP contribution in [0.25, 0.3) is 0 Å². The largest absolute Gasteiger partial charge is 0.417 e. The van der Waals surface area contributed by atoms with E-state index in [2.05, 4.69) is 20.9 Å². The monoisotopic (exact) mass is 287 g/mol. The van der Waals surface area contributed by atoms with Gasteiger partial charge in [0.05, 0.1) is 21.1 Å². The van der Waals surface area contributed by atoms with Crippen molar-refractivity contribution in [1.29, 1.82) is 0 Å². The summed E-state index contributed by atoms with van der Waals surface area (Å²) in [5, 5.41) is 0.0178. The van der Waals surface area contributed by atoms with Gasteiger partial charge < -0.3 is 0 Å². The lowest BCUT2D eigenvalue weighted by Gasteiger charge is -2.09. The molecule has 0 aliphatic rings. The second-order valence-corrected chi connectivity index (χ2v) is 4.49. The smallest absolute Gasteiger partial charge is 0.258 e. The molecule has 0 saturated carbocycles. The van der Waals surface area contributed by atoms with Gasteiger partial charge in [-0.15, -0.1) is 0 Å². The summed E-state index contributed by atoms with van der Waals surface area (Å²) in [6.45, 7) is 1.74. The molecule has 0 amide bonds. The van der Waals surface area contributed by atoms with Crippen LogP contribution >= 0.6 is 27.5 Å². The Morgan fingerprint density at radius 3 is 2.43 bits per heavy atom. The predicted molar refractivity (Wildman–Crippen MR) is 51.6 cm³/mol. The summed E-state index contributed by atoms with van der Waals surface area (Å²) in [5.41, 5.74) is -0.431. The summed E-state index contributed by atoms with van der Waals surface area (Å²) >= 11 is 8.82. The van der Waals surface area contributed by atoms with E-state index in [1.54, 1.807) is 6.92 Å². The second kappa shape index (κ2) is 4.06. The molecule has 0 aliphatic heterocycles. The van der Waals surface area contributed by atoms with Crippen LogP contribution in [0.1, 0.15) is 23.0 Å². The molecule has 0 spiro atoms. The van der Waals surface area contributed by atoms with E-state index in [4.69, 9.17) is 11.6 Å². The third kappa shape index (κ3) is 2.60. The van der Waals surface area contributed by atoms with Crippen LogP contribution in [0.4, 0.5) is 13.2 Å². The van der Waals surface area contributed by atoms with E-state index in [1.165, 1.54) is 0 Å². The summed E-state index contributed by atoms with van der Waals surface area (Å²) in [7, 11) is 0. The fourth-order valence-electron chi connectivity index (χ4n) is 0.896. The van der Waals surface area contributed by atoms with Gasteiger partial charge in [0.2, 0.25) is 0 Å². The summed E-state index contributed by atoms with van der Waals surface area (Å²) in [6, 6.07) is 0.877. The topological polar surface area (TPSA) is 12.9 Å². The number of nitrogens with zero attached hydrogens (tertiary/aromatic N) is 1. The van der Waals surface area contributed by atoms with Crippen molar-refractivity contribution >= 4 is 27.5 Å². The highest BCUT2D eigenvalue weighted by molar-refractivity contribution is 9.09.